The Balaban J connectivity index is 1.82. The summed E-state index contributed by atoms with van der Waals surface area (Å²) >= 11 is 1.12. The van der Waals surface area contributed by atoms with Gasteiger partial charge in [-0.2, -0.15) is 0 Å². The number of amides is 1. The molecular formula is C19H15FN2O2S. The van der Waals surface area contributed by atoms with Gasteiger partial charge < -0.3 is 5.32 Å². The first-order valence-electron chi connectivity index (χ1n) is 7.65. The molecule has 4 nitrogen and oxygen atoms in total. The number of aromatic nitrogens is 1. The zero-order chi connectivity index (χ0) is 17.8. The van der Waals surface area contributed by atoms with E-state index in [1.165, 1.54) is 13.0 Å². The molecule has 2 aromatic carbocycles. The quantitative estimate of drug-likeness (QED) is 0.694. The highest BCUT2D eigenvalue weighted by Gasteiger charge is 2.18. The van der Waals surface area contributed by atoms with Gasteiger partial charge in [0.05, 0.1) is 17.0 Å². The minimum atomic E-state index is -0.425. The van der Waals surface area contributed by atoms with E-state index in [1.807, 2.05) is 30.3 Å². The lowest BCUT2D eigenvalue weighted by molar-refractivity contribution is -0.115. The molecule has 1 amide bonds. The Kier molecular flexibility index (Phi) is 5.00. The third-order valence-electron chi connectivity index (χ3n) is 3.55. The maximum atomic E-state index is 13.6. The number of rotatable bonds is 5. The molecule has 1 heterocycles. The van der Waals surface area contributed by atoms with Crippen molar-refractivity contribution in [2.75, 3.05) is 5.32 Å². The molecule has 0 saturated heterocycles. The molecule has 0 aliphatic heterocycles. The number of nitrogens with one attached hydrogen (secondary N) is 1. The molecule has 6 heteroatoms. The zero-order valence-electron chi connectivity index (χ0n) is 13.5. The van der Waals surface area contributed by atoms with E-state index in [-0.39, 0.29) is 18.1 Å². The number of nitrogens with zero attached hydrogens (tertiary/aromatic N) is 1. The highest BCUT2D eigenvalue weighted by molar-refractivity contribution is 7.18. The van der Waals surface area contributed by atoms with Crippen molar-refractivity contribution in [2.45, 2.75) is 13.3 Å². The number of Topliss-reactive ketones (excluding diaryl/α,β-unsaturated/α-hetero) is 1. The summed E-state index contributed by atoms with van der Waals surface area (Å²) in [5.41, 5.74) is 1.66. The van der Waals surface area contributed by atoms with E-state index < -0.39 is 5.82 Å². The normalized spacial score (nSPS) is 10.5. The fourth-order valence-corrected chi connectivity index (χ4v) is 3.28. The average Bonchev–Trinajstić information content (AvgIpc) is 3.02. The molecule has 0 bridgehead atoms. The van der Waals surface area contributed by atoms with Gasteiger partial charge in [-0.05, 0) is 11.6 Å². The lowest BCUT2D eigenvalue weighted by Crippen LogP contribution is -2.15. The van der Waals surface area contributed by atoms with E-state index in [2.05, 4.69) is 10.3 Å². The molecular weight excluding hydrogens is 339 g/mol. The first-order chi connectivity index (χ1) is 12.0. The number of thiazole rings is 1. The number of halogens is 1. The van der Waals surface area contributed by atoms with Crippen molar-refractivity contribution in [3.8, 4) is 11.3 Å². The molecule has 0 aliphatic carbocycles. The maximum Gasteiger partial charge on any atom is 0.230 e. The van der Waals surface area contributed by atoms with Crippen molar-refractivity contribution in [3.63, 3.8) is 0 Å². The van der Waals surface area contributed by atoms with Crippen LogP contribution < -0.4 is 5.32 Å². The van der Waals surface area contributed by atoms with Gasteiger partial charge in [-0.1, -0.05) is 59.9 Å². The van der Waals surface area contributed by atoms with Gasteiger partial charge in [0.25, 0.3) is 0 Å². The van der Waals surface area contributed by atoms with E-state index in [4.69, 9.17) is 0 Å². The van der Waals surface area contributed by atoms with Gasteiger partial charge in [-0.15, -0.1) is 0 Å². The number of ketones is 1. The number of carbonyl (C=O) groups is 2. The fourth-order valence-electron chi connectivity index (χ4n) is 2.38. The van der Waals surface area contributed by atoms with Crippen LogP contribution in [0.15, 0.2) is 54.6 Å². The average molecular weight is 354 g/mol. The molecule has 0 fully saturated rings. The Bertz CT molecular complexity index is 922. The molecule has 0 atom stereocenters. The Morgan fingerprint density at radius 3 is 2.44 bits per heavy atom. The molecule has 0 aliphatic rings. The summed E-state index contributed by atoms with van der Waals surface area (Å²) in [7, 11) is 0. The second kappa shape index (κ2) is 7.36. The minimum Gasteiger partial charge on any atom is -0.302 e. The molecule has 126 valence electrons. The van der Waals surface area contributed by atoms with Gasteiger partial charge in [0, 0.05) is 12.5 Å². The highest BCUT2D eigenvalue weighted by Crippen LogP contribution is 2.31. The Morgan fingerprint density at radius 2 is 1.76 bits per heavy atom. The Morgan fingerprint density at radius 1 is 1.08 bits per heavy atom. The lowest BCUT2D eigenvalue weighted by Gasteiger charge is -2.03. The van der Waals surface area contributed by atoms with Crippen LogP contribution in [0.2, 0.25) is 0 Å². The first-order valence-corrected chi connectivity index (χ1v) is 8.46. The van der Waals surface area contributed by atoms with Crippen LogP contribution in [-0.2, 0) is 11.2 Å². The molecule has 0 spiro atoms. The van der Waals surface area contributed by atoms with Crippen LogP contribution >= 0.6 is 11.3 Å². The van der Waals surface area contributed by atoms with Crippen LogP contribution in [0.25, 0.3) is 11.3 Å². The minimum absolute atomic E-state index is 0.0949. The van der Waals surface area contributed by atoms with Crippen molar-refractivity contribution in [3.05, 3.63) is 70.9 Å². The first kappa shape index (κ1) is 17.0. The molecule has 1 N–H and O–H groups in total. The summed E-state index contributed by atoms with van der Waals surface area (Å²) in [5, 5.41) is 2.98. The summed E-state index contributed by atoms with van der Waals surface area (Å²) in [5.74, 6) is -0.925. The summed E-state index contributed by atoms with van der Waals surface area (Å²) in [6.45, 7) is 1.46. The van der Waals surface area contributed by atoms with Crippen molar-refractivity contribution in [2.24, 2.45) is 0 Å². The number of benzene rings is 2. The topological polar surface area (TPSA) is 59.1 Å². The van der Waals surface area contributed by atoms with E-state index in [0.29, 0.717) is 21.3 Å². The molecule has 0 radical (unpaired) electrons. The summed E-state index contributed by atoms with van der Waals surface area (Å²) in [6.07, 6.45) is -0.0949. The van der Waals surface area contributed by atoms with Crippen molar-refractivity contribution in [1.29, 1.82) is 0 Å². The van der Waals surface area contributed by atoms with Gasteiger partial charge in [0.1, 0.15) is 5.82 Å². The number of hydrogen-bond acceptors (Lipinski definition) is 4. The second-order valence-corrected chi connectivity index (χ2v) is 6.43. The third-order valence-corrected chi connectivity index (χ3v) is 4.62. The van der Waals surface area contributed by atoms with Gasteiger partial charge in [0.2, 0.25) is 5.91 Å². The van der Waals surface area contributed by atoms with Crippen LogP contribution in [-0.4, -0.2) is 16.7 Å². The molecule has 25 heavy (non-hydrogen) atoms. The standard InChI is InChI=1S/C19H15FN2O2S/c1-12(23)18-17(13-7-3-2-4-8-13)22-19(25-18)21-16(24)11-14-9-5-6-10-15(14)20/h2-10H,11H2,1H3,(H,21,22,24). The van der Waals surface area contributed by atoms with Crippen LogP contribution in [0.3, 0.4) is 0 Å². The van der Waals surface area contributed by atoms with Crippen molar-refractivity contribution >= 4 is 28.2 Å². The number of hydrogen-bond donors (Lipinski definition) is 1. The molecule has 0 saturated carbocycles. The summed E-state index contributed by atoms with van der Waals surface area (Å²) < 4.78 is 13.6. The molecule has 3 aromatic rings. The van der Waals surface area contributed by atoms with Gasteiger partial charge in [0.15, 0.2) is 10.9 Å². The van der Waals surface area contributed by atoms with E-state index >= 15 is 0 Å². The summed E-state index contributed by atoms with van der Waals surface area (Å²) in [6, 6.07) is 15.4. The monoisotopic (exact) mass is 354 g/mol. The predicted molar refractivity (Wildman–Crippen MR) is 96.3 cm³/mol. The third kappa shape index (κ3) is 3.97. The van der Waals surface area contributed by atoms with E-state index in [1.54, 1.807) is 18.2 Å². The van der Waals surface area contributed by atoms with E-state index in [9.17, 15) is 14.0 Å². The van der Waals surface area contributed by atoms with Gasteiger partial charge in [-0.3, -0.25) is 9.59 Å². The van der Waals surface area contributed by atoms with Gasteiger partial charge in [-0.25, -0.2) is 9.37 Å². The highest BCUT2D eigenvalue weighted by atomic mass is 32.1. The molecule has 3 rings (SSSR count). The smallest absolute Gasteiger partial charge is 0.230 e. The Labute approximate surface area is 148 Å². The second-order valence-electron chi connectivity index (χ2n) is 5.44. The number of carbonyl (C=O) groups excluding carboxylic acids is 2. The van der Waals surface area contributed by atoms with Crippen molar-refractivity contribution in [1.82, 2.24) is 4.98 Å². The SMILES string of the molecule is CC(=O)c1sc(NC(=O)Cc2ccccc2F)nc1-c1ccccc1. The molecule has 0 unspecified atom stereocenters. The largest absolute Gasteiger partial charge is 0.302 e. The zero-order valence-corrected chi connectivity index (χ0v) is 14.3. The van der Waals surface area contributed by atoms with Gasteiger partial charge >= 0.3 is 0 Å². The maximum absolute atomic E-state index is 13.6. The lowest BCUT2D eigenvalue weighted by atomic mass is 10.1. The summed E-state index contributed by atoms with van der Waals surface area (Å²) in [4.78, 5) is 28.9. The predicted octanol–water partition coefficient (Wildman–Crippen LogP) is 4.33. The van der Waals surface area contributed by atoms with E-state index in [0.717, 1.165) is 16.9 Å². The van der Waals surface area contributed by atoms with Crippen LogP contribution in [0, 0.1) is 5.82 Å². The van der Waals surface area contributed by atoms with Crippen LogP contribution in [0.1, 0.15) is 22.2 Å². The van der Waals surface area contributed by atoms with Crippen molar-refractivity contribution < 1.29 is 14.0 Å². The molecule has 1 aromatic heterocycles. The number of anilines is 1. The fraction of sp³-hybridized carbons (Fsp3) is 0.105. The van der Waals surface area contributed by atoms with Crippen LogP contribution in [0.5, 0.6) is 0 Å². The Hall–Kier alpha value is -2.86. The van der Waals surface area contributed by atoms with Crippen LogP contribution in [0.4, 0.5) is 9.52 Å².